The number of rotatable bonds is 2. The maximum absolute atomic E-state index is 3.86. The van der Waals surface area contributed by atoms with Crippen molar-refractivity contribution in [3.8, 4) is 0 Å². The zero-order valence-corrected chi connectivity index (χ0v) is 17.3. The molecule has 0 aromatic heterocycles. The van der Waals surface area contributed by atoms with Gasteiger partial charge in [0.15, 0.2) is 0 Å². The first-order chi connectivity index (χ1) is 4.50. The van der Waals surface area contributed by atoms with E-state index in [4.69, 9.17) is 0 Å². The summed E-state index contributed by atoms with van der Waals surface area (Å²) in [5, 5.41) is 0. The molecule has 0 atom stereocenters. The normalized spacial score (nSPS) is 15.3. The van der Waals surface area contributed by atoms with E-state index in [2.05, 4.69) is 96.1 Å². The molecule has 0 spiro atoms. The molecule has 8 heteroatoms. The SMILES string of the molecule is C[Si](C)(C)[Si](Br)(Br)[Si](Br)(Br)Br. The zero-order chi connectivity index (χ0) is 9.50. The molecule has 0 aliphatic carbocycles. The third-order valence-electron chi connectivity index (χ3n) is 1.30. The molecule has 0 heterocycles. The van der Waals surface area contributed by atoms with Gasteiger partial charge in [0.05, 0.1) is 7.59 Å². The zero-order valence-electron chi connectivity index (χ0n) is 6.39. The van der Waals surface area contributed by atoms with Gasteiger partial charge in [-0.1, -0.05) is 65.5 Å². The van der Waals surface area contributed by atoms with Crippen LogP contribution in [0.25, 0.3) is 0 Å². The van der Waals surface area contributed by atoms with E-state index in [0.717, 1.165) is 0 Å². The Kier molecular flexibility index (Phi) is 5.46. The van der Waals surface area contributed by atoms with E-state index in [1.165, 1.54) is 0 Å². The quantitative estimate of drug-likeness (QED) is 0.356. The van der Waals surface area contributed by atoms with Gasteiger partial charge >= 0.3 is 0 Å². The molecule has 0 aromatic carbocycles. The van der Waals surface area contributed by atoms with Gasteiger partial charge in [-0.25, -0.2) is 0 Å². The van der Waals surface area contributed by atoms with E-state index in [0.29, 0.717) is 0 Å². The lowest BCUT2D eigenvalue weighted by Crippen LogP contribution is -2.59. The van der Waals surface area contributed by atoms with Crippen molar-refractivity contribution >= 4 is 91.9 Å². The molecule has 0 amide bonds. The van der Waals surface area contributed by atoms with Crippen LogP contribution in [0.2, 0.25) is 19.6 Å². The summed E-state index contributed by atoms with van der Waals surface area (Å²) in [5.74, 6) is 0. The van der Waals surface area contributed by atoms with Crippen molar-refractivity contribution in [2.45, 2.75) is 19.6 Å². The number of halogens is 5. The van der Waals surface area contributed by atoms with Crippen molar-refractivity contribution in [3.63, 3.8) is 0 Å². The Morgan fingerprint density at radius 2 is 1.00 bits per heavy atom. The Morgan fingerprint density at radius 3 is 1.00 bits per heavy atom. The van der Waals surface area contributed by atoms with Crippen LogP contribution in [-0.4, -0.2) is 15.4 Å². The van der Waals surface area contributed by atoms with Gasteiger partial charge in [0.1, 0.15) is 0 Å². The smallest absolute Gasteiger partial charge is 0.115 e. The highest BCUT2D eigenvalue weighted by molar-refractivity contribution is 9.81. The van der Waals surface area contributed by atoms with Gasteiger partial charge in [-0.05, 0) is 0 Å². The second-order valence-corrected chi connectivity index (χ2v) is 68.7. The largest absolute Gasteiger partial charge is 0.276 e. The summed E-state index contributed by atoms with van der Waals surface area (Å²) in [4.78, 5) is 0. The van der Waals surface area contributed by atoms with Crippen LogP contribution in [0.1, 0.15) is 0 Å². The molecular formula is C3H9Br5Si3. The molecule has 0 rings (SSSR count). The van der Waals surface area contributed by atoms with E-state index in [9.17, 15) is 0 Å². The maximum Gasteiger partial charge on any atom is 0.276 e. The Hall–Kier alpha value is 3.05. The van der Waals surface area contributed by atoms with Gasteiger partial charge in [-0.15, -0.1) is 30.6 Å². The van der Waals surface area contributed by atoms with E-state index < -0.39 is 15.4 Å². The Labute approximate surface area is 110 Å². The standard InChI is InChI=1S/C3H9Br5Si3/c1-9(2,3)11(7,8)10(4,5)6/h1-3H3. The van der Waals surface area contributed by atoms with Crippen molar-refractivity contribution in [1.82, 2.24) is 0 Å². The van der Waals surface area contributed by atoms with E-state index in [1.807, 2.05) is 0 Å². The summed E-state index contributed by atoms with van der Waals surface area (Å²) >= 11 is 18.9. The van der Waals surface area contributed by atoms with Crippen molar-refractivity contribution in [3.05, 3.63) is 0 Å². The third kappa shape index (κ3) is 3.60. The van der Waals surface area contributed by atoms with Crippen LogP contribution in [0.4, 0.5) is 0 Å². The Bertz CT molecular complexity index is 128. The molecule has 0 fully saturated rings. The van der Waals surface area contributed by atoms with E-state index in [1.54, 1.807) is 0 Å². The van der Waals surface area contributed by atoms with E-state index >= 15 is 0 Å². The van der Waals surface area contributed by atoms with Crippen LogP contribution in [0.15, 0.2) is 0 Å². The molecule has 0 aliphatic rings. The van der Waals surface area contributed by atoms with Crippen LogP contribution < -0.4 is 0 Å². The highest BCUT2D eigenvalue weighted by Gasteiger charge is 2.57. The molecule has 0 bridgehead atoms. The summed E-state index contributed by atoms with van der Waals surface area (Å²) in [6, 6.07) is 0. The second kappa shape index (κ2) is 4.28. The van der Waals surface area contributed by atoms with Crippen LogP contribution in [-0.2, 0) is 0 Å². The molecule has 68 valence electrons. The van der Waals surface area contributed by atoms with Crippen molar-refractivity contribution in [2.75, 3.05) is 0 Å². The van der Waals surface area contributed by atoms with Gasteiger partial charge in [-0.2, -0.15) is 0 Å². The third-order valence-corrected chi connectivity index (χ3v) is 109. The van der Waals surface area contributed by atoms with Crippen molar-refractivity contribution < 1.29 is 0 Å². The summed E-state index contributed by atoms with van der Waals surface area (Å²) in [6.45, 7) is 7.11. The predicted octanol–water partition coefficient (Wildman–Crippen LogP) is 4.84. The topological polar surface area (TPSA) is 0 Å². The fraction of sp³-hybridized carbons (Fsp3) is 1.00. The maximum atomic E-state index is 3.86. The first-order valence-electron chi connectivity index (χ1n) is 2.94. The highest BCUT2D eigenvalue weighted by Crippen LogP contribution is 2.48. The molecule has 0 radical (unpaired) electrons. The summed E-state index contributed by atoms with van der Waals surface area (Å²) in [6.07, 6.45) is 0. The summed E-state index contributed by atoms with van der Waals surface area (Å²) in [5.41, 5.74) is 0. The van der Waals surface area contributed by atoms with Gasteiger partial charge in [0, 0.05) is 0 Å². The van der Waals surface area contributed by atoms with Crippen LogP contribution in [0, 0.1) is 0 Å². The minimum absolute atomic E-state index is 1.13. The van der Waals surface area contributed by atoms with Gasteiger partial charge in [0.25, 0.3) is 3.45 Å². The minimum Gasteiger partial charge on any atom is -0.115 e. The summed E-state index contributed by atoms with van der Waals surface area (Å²) in [7, 11) is -1.13. The molecule has 0 saturated carbocycles. The molecule has 0 nitrogen and oxygen atoms in total. The van der Waals surface area contributed by atoms with Crippen LogP contribution >= 0.6 is 76.5 Å². The van der Waals surface area contributed by atoms with Gasteiger partial charge < -0.3 is 0 Å². The molecule has 0 unspecified atom stereocenters. The first-order valence-corrected chi connectivity index (χ1v) is 23.7. The first kappa shape index (κ1) is 14.1. The molecule has 0 saturated heterocycles. The van der Waals surface area contributed by atoms with Gasteiger partial charge in [-0.3, -0.25) is 0 Å². The minimum atomic E-state index is -1.55. The lowest BCUT2D eigenvalue weighted by Gasteiger charge is -2.35. The average Bonchev–Trinajstić information content (AvgIpc) is 1.58. The molecule has 0 N–H and O–H groups in total. The Morgan fingerprint density at radius 1 is 0.727 bits per heavy atom. The van der Waals surface area contributed by atoms with Crippen LogP contribution in [0.3, 0.4) is 0 Å². The lowest BCUT2D eigenvalue weighted by atomic mass is 11.8. The second-order valence-electron chi connectivity index (χ2n) is 3.32. The fourth-order valence-corrected chi connectivity index (χ4v) is 59.7. The fourth-order valence-electron chi connectivity index (χ4n) is 0.425. The number of hydrogen-bond acceptors (Lipinski definition) is 0. The van der Waals surface area contributed by atoms with E-state index in [-0.39, 0.29) is 0 Å². The monoisotopic (exact) mass is 524 g/mol. The molecule has 0 aliphatic heterocycles. The average molecular weight is 529 g/mol. The van der Waals surface area contributed by atoms with Crippen molar-refractivity contribution in [2.24, 2.45) is 0 Å². The lowest BCUT2D eigenvalue weighted by molar-refractivity contribution is 1.86. The Balaban J connectivity index is 4.75. The molecule has 11 heavy (non-hydrogen) atoms. The van der Waals surface area contributed by atoms with Crippen molar-refractivity contribution in [1.29, 1.82) is 0 Å². The van der Waals surface area contributed by atoms with Crippen LogP contribution in [0.5, 0.6) is 0 Å². The van der Waals surface area contributed by atoms with Gasteiger partial charge in [0.2, 0.25) is 4.35 Å². The predicted molar refractivity (Wildman–Crippen MR) is 79.5 cm³/mol. The summed E-state index contributed by atoms with van der Waals surface area (Å²) < 4.78 is -3.00. The molecule has 0 aromatic rings. The number of hydrogen-bond donors (Lipinski definition) is 0. The highest BCUT2D eigenvalue weighted by atomic mass is 80.0. The molecular weight excluding hydrogens is 520 g/mol.